The van der Waals surface area contributed by atoms with Gasteiger partial charge in [-0.05, 0) is 43.9 Å². The number of unbranched alkanes of at least 4 members (excludes halogenated alkanes) is 1. The van der Waals surface area contributed by atoms with Crippen LogP contribution >= 0.6 is 11.6 Å². The molecule has 0 aliphatic rings. The third kappa shape index (κ3) is 9.19. The van der Waals surface area contributed by atoms with Crippen LogP contribution in [0.3, 0.4) is 0 Å². The second-order valence-electron chi connectivity index (χ2n) is 7.18. The molecular weight excluding hydrogens is 446 g/mol. The lowest BCUT2D eigenvalue weighted by atomic mass is 10.1. The van der Waals surface area contributed by atoms with Crippen molar-refractivity contribution < 1.29 is 9.53 Å². The normalized spacial score (nSPS) is 11.9. The number of aryl methyl sites for hydroxylation is 1. The van der Waals surface area contributed by atoms with Gasteiger partial charge >= 0.3 is 0 Å². The van der Waals surface area contributed by atoms with Crippen molar-refractivity contribution in [2.75, 3.05) is 31.2 Å². The van der Waals surface area contributed by atoms with Crippen molar-refractivity contribution in [1.82, 2.24) is 15.3 Å². The fourth-order valence-electron chi connectivity index (χ4n) is 2.73. The standard InChI is InChI=1S/C21H30ClN9O2/c1-13(23)27-11-4-12-33-15-8-6-14(7-9-15)5-2-3-10-28-21(26)31-20(32)16-18(24)30-19(25)17(22)29-16/h6-9H,2-5,10-12H2,1H3,(H2,23,27)(H4,24,25,30)(H3,26,28,31,32). The summed E-state index contributed by atoms with van der Waals surface area (Å²) in [5.41, 5.74) is 23.4. The van der Waals surface area contributed by atoms with E-state index in [1.165, 1.54) is 5.56 Å². The van der Waals surface area contributed by atoms with Crippen molar-refractivity contribution in [2.24, 2.45) is 21.5 Å². The lowest BCUT2D eigenvalue weighted by molar-refractivity contribution is 0.0972. The van der Waals surface area contributed by atoms with Crippen LogP contribution in [-0.2, 0) is 6.42 Å². The maximum absolute atomic E-state index is 12.2. The Kier molecular flexibility index (Phi) is 10.2. The topological polar surface area (TPSA) is 193 Å². The highest BCUT2D eigenvalue weighted by atomic mass is 35.5. The molecule has 2 rings (SSSR count). The quantitative estimate of drug-likeness (QED) is 0.183. The molecule has 0 saturated heterocycles. The Morgan fingerprint density at radius 1 is 1.03 bits per heavy atom. The van der Waals surface area contributed by atoms with Gasteiger partial charge in [-0.3, -0.25) is 20.1 Å². The number of aliphatic imine (C=N–C) groups is 2. The number of carbonyl (C=O) groups excluding carboxylic acids is 1. The van der Waals surface area contributed by atoms with Gasteiger partial charge < -0.3 is 27.7 Å². The summed E-state index contributed by atoms with van der Waals surface area (Å²) < 4.78 is 5.69. The number of halogens is 1. The molecule has 33 heavy (non-hydrogen) atoms. The van der Waals surface area contributed by atoms with E-state index < -0.39 is 5.91 Å². The molecule has 178 valence electrons. The predicted molar refractivity (Wildman–Crippen MR) is 131 cm³/mol. The first-order valence-electron chi connectivity index (χ1n) is 10.4. The monoisotopic (exact) mass is 475 g/mol. The van der Waals surface area contributed by atoms with Crippen LogP contribution in [0.4, 0.5) is 11.6 Å². The van der Waals surface area contributed by atoms with Crippen LogP contribution < -0.4 is 33.0 Å². The minimum atomic E-state index is -0.660. The number of nitrogen functional groups attached to an aromatic ring is 2. The Labute approximate surface area is 197 Å². The molecule has 1 amide bonds. The number of hydrogen-bond acceptors (Lipinski definition) is 8. The zero-order valence-electron chi connectivity index (χ0n) is 18.6. The van der Waals surface area contributed by atoms with Crippen LogP contribution in [-0.4, -0.2) is 47.4 Å². The van der Waals surface area contributed by atoms with Gasteiger partial charge in [-0.15, -0.1) is 0 Å². The average molecular weight is 476 g/mol. The number of aromatic nitrogens is 2. The van der Waals surface area contributed by atoms with Gasteiger partial charge in [-0.2, -0.15) is 0 Å². The van der Waals surface area contributed by atoms with Crippen LogP contribution in [0.5, 0.6) is 5.75 Å². The van der Waals surface area contributed by atoms with Crippen molar-refractivity contribution in [3.05, 3.63) is 40.7 Å². The molecule has 0 aliphatic heterocycles. The van der Waals surface area contributed by atoms with Gasteiger partial charge in [-0.1, -0.05) is 23.7 Å². The molecule has 2 aromatic rings. The predicted octanol–water partition coefficient (Wildman–Crippen LogP) is 1.51. The number of nitrogens with one attached hydrogen (secondary N) is 1. The molecule has 1 aromatic heterocycles. The molecule has 0 bridgehead atoms. The van der Waals surface area contributed by atoms with Gasteiger partial charge in [0.05, 0.1) is 12.4 Å². The molecule has 12 heteroatoms. The van der Waals surface area contributed by atoms with E-state index in [2.05, 4.69) is 25.3 Å². The maximum atomic E-state index is 12.2. The molecule has 0 unspecified atom stereocenters. The SMILES string of the molecule is CC(N)=NCCCOc1ccc(CCCCN=C(N)NC(=O)c2nc(Cl)c(N)nc2N)cc1. The largest absolute Gasteiger partial charge is 0.494 e. The number of nitrogens with zero attached hydrogens (tertiary/aromatic N) is 4. The lowest BCUT2D eigenvalue weighted by Crippen LogP contribution is -2.38. The number of ether oxygens (including phenoxy) is 1. The number of amidine groups is 1. The van der Waals surface area contributed by atoms with E-state index in [-0.39, 0.29) is 28.4 Å². The van der Waals surface area contributed by atoms with Crippen molar-refractivity contribution in [2.45, 2.75) is 32.6 Å². The number of hydrogen-bond donors (Lipinski definition) is 5. The fraction of sp³-hybridized carbons (Fsp3) is 0.381. The number of guanidine groups is 1. The van der Waals surface area contributed by atoms with E-state index in [9.17, 15) is 4.79 Å². The Balaban J connectivity index is 1.68. The summed E-state index contributed by atoms with van der Waals surface area (Å²) in [5, 5.41) is 2.29. The Bertz CT molecular complexity index is 990. The van der Waals surface area contributed by atoms with Crippen LogP contribution in [0, 0.1) is 0 Å². The van der Waals surface area contributed by atoms with Gasteiger partial charge in [0.15, 0.2) is 28.4 Å². The molecule has 0 atom stereocenters. The molecule has 0 spiro atoms. The molecule has 0 aliphatic carbocycles. The molecular formula is C21H30ClN9O2. The number of anilines is 2. The van der Waals surface area contributed by atoms with Gasteiger partial charge in [-0.25, -0.2) is 9.97 Å². The van der Waals surface area contributed by atoms with E-state index in [1.807, 2.05) is 24.3 Å². The Morgan fingerprint density at radius 2 is 1.73 bits per heavy atom. The third-order valence-electron chi connectivity index (χ3n) is 4.37. The van der Waals surface area contributed by atoms with Gasteiger partial charge in [0.25, 0.3) is 5.91 Å². The molecule has 11 nitrogen and oxygen atoms in total. The van der Waals surface area contributed by atoms with Crippen molar-refractivity contribution >= 4 is 40.9 Å². The highest BCUT2D eigenvalue weighted by Crippen LogP contribution is 2.17. The first-order valence-corrected chi connectivity index (χ1v) is 10.8. The summed E-state index contributed by atoms with van der Waals surface area (Å²) in [4.78, 5) is 28.0. The summed E-state index contributed by atoms with van der Waals surface area (Å²) >= 11 is 5.78. The van der Waals surface area contributed by atoms with Gasteiger partial charge in [0, 0.05) is 19.5 Å². The fourth-order valence-corrected chi connectivity index (χ4v) is 2.85. The van der Waals surface area contributed by atoms with E-state index >= 15 is 0 Å². The maximum Gasteiger partial charge on any atom is 0.280 e. The minimum absolute atomic E-state index is 0.0389. The summed E-state index contributed by atoms with van der Waals surface area (Å²) in [6.07, 6.45) is 3.41. The number of amides is 1. The average Bonchev–Trinajstić information content (AvgIpc) is 2.76. The smallest absolute Gasteiger partial charge is 0.280 e. The van der Waals surface area contributed by atoms with Crippen LogP contribution in [0.1, 0.15) is 42.2 Å². The zero-order valence-corrected chi connectivity index (χ0v) is 19.3. The summed E-state index contributed by atoms with van der Waals surface area (Å²) in [6, 6.07) is 7.99. The first-order chi connectivity index (χ1) is 15.8. The lowest BCUT2D eigenvalue weighted by Gasteiger charge is -2.08. The molecule has 0 radical (unpaired) electrons. The van der Waals surface area contributed by atoms with Crippen LogP contribution in [0.25, 0.3) is 0 Å². The number of rotatable bonds is 11. The number of carbonyl (C=O) groups is 1. The van der Waals surface area contributed by atoms with Crippen molar-refractivity contribution in [3.8, 4) is 5.75 Å². The molecule has 1 aromatic carbocycles. The molecule has 1 heterocycles. The third-order valence-corrected chi connectivity index (χ3v) is 4.65. The first kappa shape index (κ1) is 25.7. The molecule has 9 N–H and O–H groups in total. The summed E-state index contributed by atoms with van der Waals surface area (Å²) in [7, 11) is 0. The molecule has 0 fully saturated rings. The summed E-state index contributed by atoms with van der Waals surface area (Å²) in [5.74, 6) is 0.511. The number of nitrogens with two attached hydrogens (primary N) is 4. The molecule has 0 saturated carbocycles. The van der Waals surface area contributed by atoms with Crippen molar-refractivity contribution in [3.63, 3.8) is 0 Å². The van der Waals surface area contributed by atoms with E-state index in [4.69, 9.17) is 39.3 Å². The Morgan fingerprint density at radius 3 is 2.42 bits per heavy atom. The minimum Gasteiger partial charge on any atom is -0.494 e. The van der Waals surface area contributed by atoms with E-state index in [0.29, 0.717) is 25.5 Å². The second-order valence-corrected chi connectivity index (χ2v) is 7.54. The Hall–Kier alpha value is -3.60. The van der Waals surface area contributed by atoms with E-state index in [1.54, 1.807) is 6.92 Å². The van der Waals surface area contributed by atoms with Gasteiger partial charge in [0.2, 0.25) is 0 Å². The second kappa shape index (κ2) is 13.1. The highest BCUT2D eigenvalue weighted by Gasteiger charge is 2.16. The summed E-state index contributed by atoms with van der Waals surface area (Å²) in [6.45, 7) is 3.48. The van der Waals surface area contributed by atoms with E-state index in [0.717, 1.165) is 31.4 Å². The number of benzene rings is 1. The highest BCUT2D eigenvalue weighted by molar-refractivity contribution is 6.31. The zero-order chi connectivity index (χ0) is 24.2. The van der Waals surface area contributed by atoms with Crippen LogP contribution in [0.15, 0.2) is 34.3 Å². The van der Waals surface area contributed by atoms with Gasteiger partial charge in [0.1, 0.15) is 5.75 Å². The van der Waals surface area contributed by atoms with Crippen molar-refractivity contribution in [1.29, 1.82) is 0 Å². The van der Waals surface area contributed by atoms with Crippen LogP contribution in [0.2, 0.25) is 5.15 Å².